The van der Waals surface area contributed by atoms with Gasteiger partial charge in [0.05, 0.1) is 14.8 Å². The lowest BCUT2D eigenvalue weighted by molar-refractivity contribution is 0.627. The average Bonchev–Trinajstić information content (AvgIpc) is 2.90. The van der Waals surface area contributed by atoms with Gasteiger partial charge in [-0.3, -0.25) is 0 Å². The number of benzene rings is 1. The van der Waals surface area contributed by atoms with Crippen molar-refractivity contribution in [3.8, 4) is 0 Å². The van der Waals surface area contributed by atoms with Gasteiger partial charge in [-0.1, -0.05) is 0 Å². The Hall–Kier alpha value is -0.980. The molecule has 0 amide bonds. The minimum Gasteiger partial charge on any atom is -0.331 e. The van der Waals surface area contributed by atoms with Gasteiger partial charge >= 0.3 is 0 Å². The maximum absolute atomic E-state index is 13.3. The summed E-state index contributed by atoms with van der Waals surface area (Å²) in [4.78, 5) is 4.38. The number of aromatic amines is 1. The molecule has 0 aliphatic heterocycles. The molecule has 2 aromatic heterocycles. The topological polar surface area (TPSA) is 20.7 Å². The summed E-state index contributed by atoms with van der Waals surface area (Å²) in [7, 11) is 0. The van der Waals surface area contributed by atoms with Crippen LogP contribution >= 0.6 is 39.5 Å². The Labute approximate surface area is 127 Å². The van der Waals surface area contributed by atoms with E-state index in [2.05, 4.69) is 27.0 Å². The number of nitrogens with zero attached hydrogens (tertiary/aromatic N) is 1. The molecule has 0 radical (unpaired) electrons. The van der Waals surface area contributed by atoms with E-state index in [9.17, 15) is 4.39 Å². The van der Waals surface area contributed by atoms with Crippen molar-refractivity contribution in [3.63, 3.8) is 0 Å². The Bertz CT molecular complexity index is 787. The van der Waals surface area contributed by atoms with Crippen molar-refractivity contribution in [2.24, 2.45) is 0 Å². The zero-order chi connectivity index (χ0) is 13.4. The van der Waals surface area contributed by atoms with Crippen LogP contribution in [-0.2, 0) is 13.0 Å². The first kappa shape index (κ1) is 13.0. The van der Waals surface area contributed by atoms with Crippen molar-refractivity contribution in [3.05, 3.63) is 49.6 Å². The van der Waals surface area contributed by atoms with Gasteiger partial charge in [-0.2, -0.15) is 0 Å². The highest BCUT2D eigenvalue weighted by Gasteiger charge is 2.06. The Morgan fingerprint density at radius 2 is 2.16 bits per heavy atom. The summed E-state index contributed by atoms with van der Waals surface area (Å²) in [5.41, 5.74) is 1.69. The number of aromatic nitrogens is 2. The highest BCUT2D eigenvalue weighted by atomic mass is 79.9. The maximum atomic E-state index is 13.3. The van der Waals surface area contributed by atoms with Crippen LogP contribution in [0.25, 0.3) is 11.0 Å². The van der Waals surface area contributed by atoms with Gasteiger partial charge in [-0.25, -0.2) is 4.39 Å². The Morgan fingerprint density at radius 1 is 1.32 bits per heavy atom. The number of imidazole rings is 1. The number of halogens is 2. The third-order valence-corrected chi connectivity index (χ3v) is 4.95. The molecule has 19 heavy (non-hydrogen) atoms. The van der Waals surface area contributed by atoms with Crippen LogP contribution in [0.4, 0.5) is 4.39 Å². The summed E-state index contributed by atoms with van der Waals surface area (Å²) < 4.78 is 17.0. The monoisotopic (exact) mass is 356 g/mol. The van der Waals surface area contributed by atoms with Crippen LogP contribution in [-0.4, -0.2) is 9.55 Å². The second kappa shape index (κ2) is 5.19. The van der Waals surface area contributed by atoms with E-state index in [4.69, 9.17) is 12.2 Å². The lowest BCUT2D eigenvalue weighted by Gasteiger charge is -2.03. The number of rotatable bonds is 3. The fourth-order valence-corrected chi connectivity index (χ4v) is 3.83. The number of hydrogen-bond acceptors (Lipinski definition) is 2. The first-order valence-electron chi connectivity index (χ1n) is 5.76. The van der Waals surface area contributed by atoms with Crippen molar-refractivity contribution in [2.45, 2.75) is 13.0 Å². The quantitative estimate of drug-likeness (QED) is 0.661. The highest BCUT2D eigenvalue weighted by molar-refractivity contribution is 9.11. The molecule has 98 valence electrons. The molecule has 0 aliphatic rings. The van der Waals surface area contributed by atoms with Crippen molar-refractivity contribution in [1.82, 2.24) is 9.55 Å². The normalized spacial score (nSPS) is 11.3. The number of H-pyrrole nitrogens is 1. The van der Waals surface area contributed by atoms with Crippen molar-refractivity contribution >= 4 is 50.5 Å². The second-order valence-electron chi connectivity index (χ2n) is 4.20. The maximum Gasteiger partial charge on any atom is 0.178 e. The Balaban J connectivity index is 1.94. The van der Waals surface area contributed by atoms with Crippen LogP contribution < -0.4 is 0 Å². The van der Waals surface area contributed by atoms with E-state index in [0.29, 0.717) is 4.77 Å². The van der Waals surface area contributed by atoms with Gasteiger partial charge in [-0.15, -0.1) is 11.3 Å². The summed E-state index contributed by atoms with van der Waals surface area (Å²) in [5.74, 6) is -0.242. The van der Waals surface area contributed by atoms with Crippen LogP contribution in [0, 0.1) is 10.6 Å². The van der Waals surface area contributed by atoms with E-state index < -0.39 is 0 Å². The van der Waals surface area contributed by atoms with Gasteiger partial charge in [0.1, 0.15) is 5.82 Å². The predicted molar refractivity (Wildman–Crippen MR) is 82.8 cm³/mol. The summed E-state index contributed by atoms with van der Waals surface area (Å²) >= 11 is 10.5. The van der Waals surface area contributed by atoms with Crippen molar-refractivity contribution < 1.29 is 4.39 Å². The molecule has 2 heterocycles. The smallest absolute Gasteiger partial charge is 0.178 e. The van der Waals surface area contributed by atoms with E-state index in [-0.39, 0.29) is 5.82 Å². The fourth-order valence-electron chi connectivity index (χ4n) is 2.06. The molecule has 1 aromatic carbocycles. The molecule has 0 saturated heterocycles. The standard InChI is InChI=1S/C13H10BrFN2S2/c14-12-4-2-9(19-12)5-6-17-11-7-8(15)1-3-10(11)16-13(17)18/h1-4,7H,5-6H2,(H,16,18). The summed E-state index contributed by atoms with van der Waals surface area (Å²) in [6.07, 6.45) is 0.883. The fraction of sp³-hybridized carbons (Fsp3) is 0.154. The molecule has 0 atom stereocenters. The molecule has 3 aromatic rings. The molecule has 6 heteroatoms. The van der Waals surface area contributed by atoms with E-state index in [1.54, 1.807) is 17.4 Å². The van der Waals surface area contributed by atoms with Gasteiger partial charge in [0.25, 0.3) is 0 Å². The zero-order valence-corrected chi connectivity index (χ0v) is 13.0. The molecule has 0 aliphatic carbocycles. The first-order valence-corrected chi connectivity index (χ1v) is 7.77. The molecule has 0 fully saturated rings. The van der Waals surface area contributed by atoms with Gasteiger partial charge in [0.2, 0.25) is 0 Å². The number of nitrogens with one attached hydrogen (secondary N) is 1. The van der Waals surface area contributed by atoms with E-state index in [1.165, 1.54) is 17.0 Å². The largest absolute Gasteiger partial charge is 0.331 e. The van der Waals surface area contributed by atoms with Crippen LogP contribution in [0.5, 0.6) is 0 Å². The molecular weight excluding hydrogens is 347 g/mol. The lowest BCUT2D eigenvalue weighted by atomic mass is 10.3. The van der Waals surface area contributed by atoms with E-state index in [0.717, 1.165) is 27.8 Å². The molecule has 3 rings (SSSR count). The van der Waals surface area contributed by atoms with Gasteiger partial charge in [0.15, 0.2) is 4.77 Å². The number of fused-ring (bicyclic) bond motifs is 1. The van der Waals surface area contributed by atoms with Gasteiger partial charge in [-0.05, 0) is 64.9 Å². The molecule has 2 nitrogen and oxygen atoms in total. The van der Waals surface area contributed by atoms with Crippen LogP contribution in [0.2, 0.25) is 0 Å². The number of thiophene rings is 1. The minimum atomic E-state index is -0.242. The number of hydrogen-bond donors (Lipinski definition) is 1. The van der Waals surface area contributed by atoms with Crippen molar-refractivity contribution in [1.29, 1.82) is 0 Å². The average molecular weight is 357 g/mol. The van der Waals surface area contributed by atoms with Crippen LogP contribution in [0.3, 0.4) is 0 Å². The van der Waals surface area contributed by atoms with Gasteiger partial charge < -0.3 is 9.55 Å². The summed E-state index contributed by atoms with van der Waals surface area (Å²) in [6, 6.07) is 8.81. The third kappa shape index (κ3) is 2.66. The summed E-state index contributed by atoms with van der Waals surface area (Å²) in [5, 5.41) is 0. The predicted octanol–water partition coefficient (Wildman–Crippen LogP) is 4.90. The van der Waals surface area contributed by atoms with E-state index in [1.807, 2.05) is 10.6 Å². The third-order valence-electron chi connectivity index (χ3n) is 2.95. The summed E-state index contributed by atoms with van der Waals surface area (Å²) in [6.45, 7) is 0.745. The molecule has 0 bridgehead atoms. The Kier molecular flexibility index (Phi) is 3.56. The SMILES string of the molecule is Fc1ccc2[nH]c(=S)n(CCc3ccc(Br)s3)c2c1. The van der Waals surface area contributed by atoms with Gasteiger partial charge in [0, 0.05) is 11.4 Å². The first-order chi connectivity index (χ1) is 9.13. The lowest BCUT2D eigenvalue weighted by Crippen LogP contribution is -2.00. The van der Waals surface area contributed by atoms with Crippen molar-refractivity contribution in [2.75, 3.05) is 0 Å². The molecular formula is C13H10BrFN2S2. The molecule has 1 N–H and O–H groups in total. The second-order valence-corrected chi connectivity index (χ2v) is 7.13. The van der Waals surface area contributed by atoms with E-state index >= 15 is 0 Å². The zero-order valence-electron chi connectivity index (χ0n) is 9.82. The molecule has 0 spiro atoms. The minimum absolute atomic E-state index is 0.242. The highest BCUT2D eigenvalue weighted by Crippen LogP contribution is 2.23. The Morgan fingerprint density at radius 3 is 2.89 bits per heavy atom. The van der Waals surface area contributed by atoms with Crippen LogP contribution in [0.1, 0.15) is 4.88 Å². The number of aryl methyl sites for hydroxylation is 2. The van der Waals surface area contributed by atoms with Crippen LogP contribution in [0.15, 0.2) is 34.1 Å². The molecule has 0 unspecified atom stereocenters. The molecule has 0 saturated carbocycles.